The van der Waals surface area contributed by atoms with E-state index in [0.717, 1.165) is 11.1 Å². The number of hydrazone groups is 1. The average molecular weight is 587 g/mol. The summed E-state index contributed by atoms with van der Waals surface area (Å²) in [5.74, 6) is -1.04. The van der Waals surface area contributed by atoms with Gasteiger partial charge in [0.2, 0.25) is 11.9 Å². The zero-order chi connectivity index (χ0) is 28.2. The van der Waals surface area contributed by atoms with E-state index in [2.05, 4.69) is 9.71 Å². The molecule has 0 saturated carbocycles. The van der Waals surface area contributed by atoms with Crippen molar-refractivity contribution in [1.82, 2.24) is 10.3 Å². The molecule has 0 aliphatic carbocycles. The molecule has 8 nitrogen and oxygen atoms in total. The molecule has 11 heteroatoms. The van der Waals surface area contributed by atoms with Gasteiger partial charge in [0.05, 0.1) is 10.6 Å². The number of carbonyl (C=O) groups excluding carboxylic acids is 1. The summed E-state index contributed by atoms with van der Waals surface area (Å²) in [6, 6.07) is 22.1. The van der Waals surface area contributed by atoms with E-state index in [0.29, 0.717) is 28.7 Å². The molecule has 0 aromatic heterocycles. The first-order valence-corrected chi connectivity index (χ1v) is 14.6. The molecule has 204 valence electrons. The number of amides is 1. The van der Waals surface area contributed by atoms with Crippen LogP contribution in [0.15, 0.2) is 93.3 Å². The van der Waals surface area contributed by atoms with Crippen LogP contribution in [0.4, 0.5) is 0 Å². The third-order valence-electron chi connectivity index (χ3n) is 6.35. The third kappa shape index (κ3) is 6.98. The van der Waals surface area contributed by atoms with Gasteiger partial charge >= 0.3 is 0 Å². The van der Waals surface area contributed by atoms with Crippen LogP contribution in [0.2, 0.25) is 10.0 Å². The van der Waals surface area contributed by atoms with Crippen LogP contribution in [0.5, 0.6) is 0 Å². The van der Waals surface area contributed by atoms with E-state index in [1.807, 2.05) is 42.5 Å². The second-order valence-electron chi connectivity index (χ2n) is 9.48. The SMILES string of the molecule is CC(C)C(N/C(=N/S(=O)(=O)c1ccc(Cl)cc1)N1CCC(c2ccccc2)C(c2ccc(Cl)cc2)=N1)C(N)=O. The lowest BCUT2D eigenvalue weighted by molar-refractivity contribution is -0.120. The highest BCUT2D eigenvalue weighted by atomic mass is 35.5. The van der Waals surface area contributed by atoms with E-state index in [9.17, 15) is 13.2 Å². The molecule has 3 N–H and O–H groups in total. The van der Waals surface area contributed by atoms with Crippen molar-refractivity contribution >= 4 is 50.8 Å². The maximum absolute atomic E-state index is 13.3. The number of nitrogens with one attached hydrogen (secondary N) is 1. The van der Waals surface area contributed by atoms with Crippen LogP contribution in [0.25, 0.3) is 0 Å². The molecule has 39 heavy (non-hydrogen) atoms. The zero-order valence-corrected chi connectivity index (χ0v) is 23.8. The van der Waals surface area contributed by atoms with Gasteiger partial charge in [-0.15, -0.1) is 4.40 Å². The molecule has 3 aromatic carbocycles. The van der Waals surface area contributed by atoms with Gasteiger partial charge in [-0.2, -0.15) is 13.5 Å². The lowest BCUT2D eigenvalue weighted by Gasteiger charge is -2.33. The molecule has 1 aliphatic heterocycles. The maximum Gasteiger partial charge on any atom is 0.285 e. The van der Waals surface area contributed by atoms with E-state index in [1.165, 1.54) is 29.3 Å². The van der Waals surface area contributed by atoms with Gasteiger partial charge in [0.15, 0.2) is 0 Å². The van der Waals surface area contributed by atoms with E-state index >= 15 is 0 Å². The Morgan fingerprint density at radius 3 is 2.15 bits per heavy atom. The van der Waals surface area contributed by atoms with Crippen molar-refractivity contribution in [2.75, 3.05) is 6.54 Å². The van der Waals surface area contributed by atoms with Gasteiger partial charge in [0, 0.05) is 22.5 Å². The second-order valence-corrected chi connectivity index (χ2v) is 12.0. The molecule has 1 heterocycles. The van der Waals surface area contributed by atoms with Crippen LogP contribution in [-0.4, -0.2) is 43.6 Å². The topological polar surface area (TPSA) is 117 Å². The lowest BCUT2D eigenvalue weighted by atomic mass is 9.86. The number of nitrogens with two attached hydrogens (primary N) is 1. The van der Waals surface area contributed by atoms with Crippen LogP contribution in [0, 0.1) is 5.92 Å². The van der Waals surface area contributed by atoms with Gasteiger partial charge in [-0.1, -0.05) is 79.5 Å². The number of benzene rings is 3. The molecule has 0 spiro atoms. The van der Waals surface area contributed by atoms with Gasteiger partial charge in [-0.3, -0.25) is 4.79 Å². The lowest BCUT2D eigenvalue weighted by Crippen LogP contribution is -2.53. The largest absolute Gasteiger partial charge is 0.368 e. The van der Waals surface area contributed by atoms with E-state index in [4.69, 9.17) is 34.0 Å². The maximum atomic E-state index is 13.3. The number of rotatable bonds is 7. The van der Waals surface area contributed by atoms with E-state index in [-0.39, 0.29) is 22.7 Å². The first-order valence-electron chi connectivity index (χ1n) is 12.4. The first kappa shape index (κ1) is 28.6. The Morgan fingerprint density at radius 2 is 1.59 bits per heavy atom. The highest BCUT2D eigenvalue weighted by Crippen LogP contribution is 2.30. The highest BCUT2D eigenvalue weighted by molar-refractivity contribution is 7.90. The number of halogens is 2. The number of primary amides is 1. The summed E-state index contributed by atoms with van der Waals surface area (Å²) in [6.07, 6.45) is 0.607. The predicted molar refractivity (Wildman–Crippen MR) is 156 cm³/mol. The van der Waals surface area contributed by atoms with Crippen molar-refractivity contribution in [3.05, 3.63) is 100 Å². The Morgan fingerprint density at radius 1 is 1.00 bits per heavy atom. The van der Waals surface area contributed by atoms with Gasteiger partial charge in [0.25, 0.3) is 10.0 Å². The Labute approximate surface area is 238 Å². The molecule has 2 unspecified atom stereocenters. The molecule has 0 fully saturated rings. The number of hydrogen-bond donors (Lipinski definition) is 2. The van der Waals surface area contributed by atoms with Gasteiger partial charge in [-0.05, 0) is 59.9 Å². The van der Waals surface area contributed by atoms with Crippen molar-refractivity contribution in [1.29, 1.82) is 0 Å². The summed E-state index contributed by atoms with van der Waals surface area (Å²) < 4.78 is 30.7. The normalized spacial score (nSPS) is 17.1. The summed E-state index contributed by atoms with van der Waals surface area (Å²) in [5.41, 5.74) is 8.26. The number of nitrogens with zero attached hydrogens (tertiary/aromatic N) is 3. The molecule has 4 rings (SSSR count). The summed E-state index contributed by atoms with van der Waals surface area (Å²) in [4.78, 5) is 12.2. The molecule has 0 bridgehead atoms. The van der Waals surface area contributed by atoms with Crippen molar-refractivity contribution in [3.63, 3.8) is 0 Å². The van der Waals surface area contributed by atoms with Gasteiger partial charge in [-0.25, -0.2) is 5.01 Å². The predicted octanol–water partition coefficient (Wildman–Crippen LogP) is 5.03. The van der Waals surface area contributed by atoms with Crippen molar-refractivity contribution < 1.29 is 13.2 Å². The van der Waals surface area contributed by atoms with Crippen LogP contribution < -0.4 is 11.1 Å². The molecule has 0 radical (unpaired) electrons. The molecule has 1 amide bonds. The van der Waals surface area contributed by atoms with Crippen LogP contribution >= 0.6 is 23.2 Å². The van der Waals surface area contributed by atoms with Crippen LogP contribution in [0.1, 0.15) is 37.3 Å². The molecular weight excluding hydrogens is 557 g/mol. The minimum atomic E-state index is -4.19. The van der Waals surface area contributed by atoms with E-state index < -0.39 is 22.0 Å². The summed E-state index contributed by atoms with van der Waals surface area (Å²) in [7, 11) is -4.19. The van der Waals surface area contributed by atoms with Crippen molar-refractivity contribution in [2.45, 2.75) is 37.1 Å². The standard InChI is InChI=1S/C28H29Cl2N5O3S/c1-18(2)25(27(31)36)32-28(34-39(37,38)23-14-12-22(30)13-15-23)35-17-16-24(19-6-4-3-5-7-19)26(33-35)20-8-10-21(29)11-9-20/h3-15,18,24-25H,16-17H2,1-2H3,(H2,31,36)(H,32,34). The minimum Gasteiger partial charge on any atom is -0.368 e. The molecule has 3 aromatic rings. The Hall–Kier alpha value is -3.40. The second kappa shape index (κ2) is 12.2. The third-order valence-corrected chi connectivity index (χ3v) is 8.14. The fourth-order valence-electron chi connectivity index (χ4n) is 4.31. The Kier molecular flexibility index (Phi) is 8.94. The molecule has 1 aliphatic rings. The number of guanidine groups is 1. The van der Waals surface area contributed by atoms with Crippen molar-refractivity contribution in [3.8, 4) is 0 Å². The number of sulfonamides is 1. The molecule has 2 atom stereocenters. The van der Waals surface area contributed by atoms with Crippen LogP contribution in [0.3, 0.4) is 0 Å². The first-order chi connectivity index (χ1) is 18.5. The summed E-state index contributed by atoms with van der Waals surface area (Å²) in [6.45, 7) is 3.94. The van der Waals surface area contributed by atoms with Gasteiger partial charge in [0.1, 0.15) is 6.04 Å². The summed E-state index contributed by atoms with van der Waals surface area (Å²) >= 11 is 12.1. The molecule has 0 saturated heterocycles. The van der Waals surface area contributed by atoms with Crippen LogP contribution in [-0.2, 0) is 14.8 Å². The fraction of sp³-hybridized carbons (Fsp3) is 0.250. The smallest absolute Gasteiger partial charge is 0.285 e. The Bertz CT molecular complexity index is 1480. The quantitative estimate of drug-likeness (QED) is 0.298. The highest BCUT2D eigenvalue weighted by Gasteiger charge is 2.31. The number of hydrogen-bond acceptors (Lipinski definition) is 4. The summed E-state index contributed by atoms with van der Waals surface area (Å²) in [5, 5.41) is 10.3. The zero-order valence-electron chi connectivity index (χ0n) is 21.5. The monoisotopic (exact) mass is 585 g/mol. The Balaban J connectivity index is 1.84. The minimum absolute atomic E-state index is 0.0487. The fourth-order valence-corrected chi connectivity index (χ4v) is 5.52. The van der Waals surface area contributed by atoms with Gasteiger partial charge < -0.3 is 11.1 Å². The van der Waals surface area contributed by atoms with Crippen molar-refractivity contribution in [2.24, 2.45) is 21.2 Å². The number of carbonyl (C=O) groups is 1. The van der Waals surface area contributed by atoms with E-state index in [1.54, 1.807) is 26.0 Å². The average Bonchev–Trinajstić information content (AvgIpc) is 2.91. The molecular formula is C28H29Cl2N5O3S.